The van der Waals surface area contributed by atoms with Crippen molar-refractivity contribution in [2.45, 2.75) is 58.3 Å². The quantitative estimate of drug-likeness (QED) is 0.889. The molecule has 2 N–H and O–H groups in total. The molecule has 1 amide bonds. The summed E-state index contributed by atoms with van der Waals surface area (Å²) in [6, 6.07) is 9.02. The van der Waals surface area contributed by atoms with Crippen molar-refractivity contribution in [3.05, 3.63) is 35.4 Å². The van der Waals surface area contributed by atoms with E-state index in [2.05, 4.69) is 41.8 Å². The maximum Gasteiger partial charge on any atom is 0.407 e. The lowest BCUT2D eigenvalue weighted by Gasteiger charge is -2.19. The number of alkyl carbamates (subject to hydrolysis) is 1. The highest BCUT2D eigenvalue weighted by atomic mass is 16.6. The average molecular weight is 276 g/mol. The van der Waals surface area contributed by atoms with Crippen molar-refractivity contribution in [3.8, 4) is 0 Å². The van der Waals surface area contributed by atoms with Crippen molar-refractivity contribution in [1.82, 2.24) is 10.6 Å². The molecule has 2 rings (SSSR count). The Bertz CT molecular complexity index is 462. The number of amides is 1. The van der Waals surface area contributed by atoms with Gasteiger partial charge < -0.3 is 15.4 Å². The Morgan fingerprint density at radius 2 is 1.90 bits per heavy atom. The molecule has 4 heteroatoms. The highest BCUT2D eigenvalue weighted by molar-refractivity contribution is 5.68. The minimum Gasteiger partial charge on any atom is -0.444 e. The summed E-state index contributed by atoms with van der Waals surface area (Å²) in [4.78, 5) is 11.6. The second-order valence-electron chi connectivity index (χ2n) is 6.46. The van der Waals surface area contributed by atoms with Crippen LogP contribution in [0.1, 0.15) is 38.3 Å². The van der Waals surface area contributed by atoms with Gasteiger partial charge in [-0.1, -0.05) is 29.8 Å². The molecule has 1 aliphatic rings. The van der Waals surface area contributed by atoms with E-state index in [1.54, 1.807) is 0 Å². The van der Waals surface area contributed by atoms with E-state index in [1.165, 1.54) is 11.1 Å². The molecule has 1 fully saturated rings. The molecule has 1 aromatic carbocycles. The first-order chi connectivity index (χ1) is 9.33. The van der Waals surface area contributed by atoms with Crippen molar-refractivity contribution in [3.63, 3.8) is 0 Å². The van der Waals surface area contributed by atoms with Gasteiger partial charge in [-0.05, 0) is 39.7 Å². The van der Waals surface area contributed by atoms with E-state index in [4.69, 9.17) is 4.74 Å². The predicted molar refractivity (Wildman–Crippen MR) is 79.6 cm³/mol. The van der Waals surface area contributed by atoms with Gasteiger partial charge in [0.1, 0.15) is 5.60 Å². The average Bonchev–Trinajstić information content (AvgIpc) is 3.04. The molecule has 0 bridgehead atoms. The zero-order chi connectivity index (χ0) is 14.8. The molecule has 0 radical (unpaired) electrons. The molecule has 2 unspecified atom stereocenters. The standard InChI is InChI=1S/C16H24N2O2/c1-11-5-7-12(8-6-11)10-17-13-9-14(13)18-15(19)20-16(2,3)4/h5-8,13-14,17H,9-10H2,1-4H3,(H,18,19). The zero-order valence-electron chi connectivity index (χ0n) is 12.7. The largest absolute Gasteiger partial charge is 0.444 e. The molecule has 0 aromatic heterocycles. The van der Waals surface area contributed by atoms with Gasteiger partial charge in [0.2, 0.25) is 0 Å². The molecule has 20 heavy (non-hydrogen) atoms. The number of carbonyl (C=O) groups is 1. The normalized spacial score (nSPS) is 21.4. The monoisotopic (exact) mass is 276 g/mol. The summed E-state index contributed by atoms with van der Waals surface area (Å²) in [6.45, 7) is 8.52. The SMILES string of the molecule is Cc1ccc(CNC2CC2NC(=O)OC(C)(C)C)cc1. The topological polar surface area (TPSA) is 50.4 Å². The molecule has 0 heterocycles. The van der Waals surface area contributed by atoms with Gasteiger partial charge >= 0.3 is 6.09 Å². The van der Waals surface area contributed by atoms with Crippen LogP contribution in [0.5, 0.6) is 0 Å². The number of aryl methyl sites for hydroxylation is 1. The smallest absolute Gasteiger partial charge is 0.407 e. The summed E-state index contributed by atoms with van der Waals surface area (Å²) in [5, 5.41) is 6.32. The molecule has 2 atom stereocenters. The van der Waals surface area contributed by atoms with Crippen molar-refractivity contribution < 1.29 is 9.53 Å². The third kappa shape index (κ3) is 4.85. The van der Waals surface area contributed by atoms with Gasteiger partial charge in [0.05, 0.1) is 0 Å². The van der Waals surface area contributed by atoms with E-state index in [9.17, 15) is 4.79 Å². The highest BCUT2D eigenvalue weighted by Crippen LogP contribution is 2.22. The van der Waals surface area contributed by atoms with E-state index in [0.717, 1.165) is 13.0 Å². The van der Waals surface area contributed by atoms with E-state index >= 15 is 0 Å². The van der Waals surface area contributed by atoms with Gasteiger partial charge in [-0.2, -0.15) is 0 Å². The molecule has 0 saturated heterocycles. The molecular formula is C16H24N2O2. The Kier molecular flexibility index (Phi) is 4.33. The van der Waals surface area contributed by atoms with Gasteiger partial charge in [0, 0.05) is 18.6 Å². The second kappa shape index (κ2) is 5.83. The van der Waals surface area contributed by atoms with E-state index in [0.29, 0.717) is 6.04 Å². The number of benzene rings is 1. The van der Waals surface area contributed by atoms with Crippen LogP contribution in [0, 0.1) is 6.92 Å². The van der Waals surface area contributed by atoms with Crippen molar-refractivity contribution in [1.29, 1.82) is 0 Å². The summed E-state index contributed by atoms with van der Waals surface area (Å²) < 4.78 is 5.23. The minimum absolute atomic E-state index is 0.190. The summed E-state index contributed by atoms with van der Waals surface area (Å²) in [5.74, 6) is 0. The molecule has 110 valence electrons. The number of rotatable bonds is 4. The van der Waals surface area contributed by atoms with Crippen LogP contribution in [0.25, 0.3) is 0 Å². The molecule has 4 nitrogen and oxygen atoms in total. The van der Waals surface area contributed by atoms with Crippen LogP contribution >= 0.6 is 0 Å². The summed E-state index contributed by atoms with van der Waals surface area (Å²) in [7, 11) is 0. The molecular weight excluding hydrogens is 252 g/mol. The molecule has 0 spiro atoms. The van der Waals surface area contributed by atoms with E-state index in [-0.39, 0.29) is 12.1 Å². The summed E-state index contributed by atoms with van der Waals surface area (Å²) >= 11 is 0. The van der Waals surface area contributed by atoms with Crippen LogP contribution in [-0.2, 0) is 11.3 Å². The van der Waals surface area contributed by atoms with Crippen molar-refractivity contribution in [2.75, 3.05) is 0 Å². The lowest BCUT2D eigenvalue weighted by molar-refractivity contribution is 0.0522. The Labute approximate surface area is 120 Å². The predicted octanol–water partition coefficient (Wildman–Crippen LogP) is 2.75. The van der Waals surface area contributed by atoms with Gasteiger partial charge in [-0.3, -0.25) is 0 Å². The number of nitrogens with one attached hydrogen (secondary N) is 2. The third-order valence-electron chi connectivity index (χ3n) is 3.18. The molecule has 1 saturated carbocycles. The maximum atomic E-state index is 11.6. The van der Waals surface area contributed by atoms with E-state index in [1.807, 2.05) is 20.8 Å². The number of carbonyl (C=O) groups excluding carboxylic acids is 1. The Hall–Kier alpha value is -1.55. The molecule has 1 aliphatic carbocycles. The second-order valence-corrected chi connectivity index (χ2v) is 6.46. The summed E-state index contributed by atoms with van der Waals surface area (Å²) in [5.41, 5.74) is 2.09. The first-order valence-electron chi connectivity index (χ1n) is 7.12. The first kappa shape index (κ1) is 14.9. The fraction of sp³-hybridized carbons (Fsp3) is 0.562. The van der Waals surface area contributed by atoms with Crippen LogP contribution in [0.2, 0.25) is 0 Å². The van der Waals surface area contributed by atoms with Gasteiger partial charge in [-0.25, -0.2) is 4.79 Å². The number of hydrogen-bond donors (Lipinski definition) is 2. The zero-order valence-corrected chi connectivity index (χ0v) is 12.7. The van der Waals surface area contributed by atoms with Gasteiger partial charge in [-0.15, -0.1) is 0 Å². The lowest BCUT2D eigenvalue weighted by Crippen LogP contribution is -2.36. The Balaban J connectivity index is 1.68. The number of ether oxygens (including phenoxy) is 1. The van der Waals surface area contributed by atoms with Crippen molar-refractivity contribution in [2.24, 2.45) is 0 Å². The third-order valence-corrected chi connectivity index (χ3v) is 3.18. The van der Waals surface area contributed by atoms with Crippen molar-refractivity contribution >= 4 is 6.09 Å². The molecule has 1 aromatic rings. The van der Waals surface area contributed by atoms with Gasteiger partial charge in [0.25, 0.3) is 0 Å². The van der Waals surface area contributed by atoms with Gasteiger partial charge in [0.15, 0.2) is 0 Å². The van der Waals surface area contributed by atoms with Crippen LogP contribution in [0.3, 0.4) is 0 Å². The fourth-order valence-electron chi connectivity index (χ4n) is 1.99. The van der Waals surface area contributed by atoms with Crippen LogP contribution < -0.4 is 10.6 Å². The minimum atomic E-state index is -0.441. The first-order valence-corrected chi connectivity index (χ1v) is 7.12. The molecule has 0 aliphatic heterocycles. The number of hydrogen-bond acceptors (Lipinski definition) is 3. The van der Waals surface area contributed by atoms with Crippen LogP contribution in [0.4, 0.5) is 4.79 Å². The Morgan fingerprint density at radius 1 is 1.25 bits per heavy atom. The van der Waals surface area contributed by atoms with E-state index < -0.39 is 5.60 Å². The fourth-order valence-corrected chi connectivity index (χ4v) is 1.99. The Morgan fingerprint density at radius 3 is 2.50 bits per heavy atom. The maximum absolute atomic E-state index is 11.6. The van der Waals surface area contributed by atoms with Crippen LogP contribution in [0.15, 0.2) is 24.3 Å². The lowest BCUT2D eigenvalue weighted by atomic mass is 10.1. The van der Waals surface area contributed by atoms with Crippen LogP contribution in [-0.4, -0.2) is 23.8 Å². The summed E-state index contributed by atoms with van der Waals surface area (Å²) in [6.07, 6.45) is 0.632. The highest BCUT2D eigenvalue weighted by Gasteiger charge is 2.38.